The van der Waals surface area contributed by atoms with Gasteiger partial charge in [0.15, 0.2) is 0 Å². The Morgan fingerprint density at radius 2 is 1.95 bits per heavy atom. The van der Waals surface area contributed by atoms with E-state index in [0.29, 0.717) is 0 Å². The Balaban J connectivity index is 2.28. The van der Waals surface area contributed by atoms with Crippen molar-refractivity contribution in [1.29, 1.82) is 0 Å². The van der Waals surface area contributed by atoms with Crippen LogP contribution in [-0.2, 0) is 0 Å². The number of aromatic carboxylic acids is 1. The van der Waals surface area contributed by atoms with Gasteiger partial charge in [0.05, 0.1) is 26.3 Å². The summed E-state index contributed by atoms with van der Waals surface area (Å²) in [5.41, 5.74) is 0.0421. The van der Waals surface area contributed by atoms with Crippen LogP contribution in [0.2, 0.25) is 5.02 Å². The average Bonchev–Trinajstić information content (AvgIpc) is 2.43. The number of halogens is 3. The molecule has 0 spiro atoms. The zero-order valence-electron chi connectivity index (χ0n) is 10.4. The third-order valence-electron chi connectivity index (χ3n) is 2.66. The third-order valence-corrected chi connectivity index (χ3v) is 3.59. The van der Waals surface area contributed by atoms with Gasteiger partial charge in [-0.15, -0.1) is 0 Å². The van der Waals surface area contributed by atoms with Gasteiger partial charge in [-0.2, -0.15) is 0 Å². The SMILES string of the molecule is O=C(O)c1ccc(NC(=O)c2cccc(Br)c2F)c(Cl)c1. The molecule has 0 fully saturated rings. The minimum absolute atomic E-state index is 0.00775. The summed E-state index contributed by atoms with van der Waals surface area (Å²) in [4.78, 5) is 22.8. The average molecular weight is 373 g/mol. The van der Waals surface area contributed by atoms with Crippen molar-refractivity contribution in [2.45, 2.75) is 0 Å². The van der Waals surface area contributed by atoms with Crippen molar-refractivity contribution in [2.24, 2.45) is 0 Å². The van der Waals surface area contributed by atoms with Gasteiger partial charge in [-0.3, -0.25) is 4.79 Å². The Morgan fingerprint density at radius 1 is 1.24 bits per heavy atom. The quantitative estimate of drug-likeness (QED) is 0.849. The Morgan fingerprint density at radius 3 is 2.57 bits per heavy atom. The molecule has 2 aromatic rings. The summed E-state index contributed by atoms with van der Waals surface area (Å²) in [6, 6.07) is 8.17. The van der Waals surface area contributed by atoms with E-state index in [2.05, 4.69) is 21.2 Å². The van der Waals surface area contributed by atoms with Crippen molar-refractivity contribution < 1.29 is 19.1 Å². The fourth-order valence-corrected chi connectivity index (χ4v) is 2.21. The topological polar surface area (TPSA) is 66.4 Å². The second kappa shape index (κ2) is 6.24. The minimum Gasteiger partial charge on any atom is -0.478 e. The summed E-state index contributed by atoms with van der Waals surface area (Å²) < 4.78 is 14.0. The van der Waals surface area contributed by atoms with Crippen molar-refractivity contribution in [3.05, 3.63) is 62.8 Å². The van der Waals surface area contributed by atoms with E-state index < -0.39 is 17.7 Å². The van der Waals surface area contributed by atoms with Crippen LogP contribution in [0.3, 0.4) is 0 Å². The van der Waals surface area contributed by atoms with Gasteiger partial charge in [0.25, 0.3) is 5.91 Å². The van der Waals surface area contributed by atoms with Crippen LogP contribution in [0.1, 0.15) is 20.7 Å². The number of hydrogen-bond acceptors (Lipinski definition) is 2. The molecule has 0 aromatic heterocycles. The van der Waals surface area contributed by atoms with Crippen molar-refractivity contribution >= 4 is 45.1 Å². The number of benzene rings is 2. The van der Waals surface area contributed by atoms with E-state index in [0.717, 1.165) is 0 Å². The van der Waals surface area contributed by atoms with Crippen molar-refractivity contribution in [1.82, 2.24) is 0 Å². The summed E-state index contributed by atoms with van der Waals surface area (Å²) in [6.07, 6.45) is 0. The van der Waals surface area contributed by atoms with Gasteiger partial charge in [-0.1, -0.05) is 17.7 Å². The number of hydrogen-bond donors (Lipinski definition) is 2. The first-order chi connectivity index (χ1) is 9.90. The zero-order chi connectivity index (χ0) is 15.6. The molecule has 0 bridgehead atoms. The number of anilines is 1. The second-order valence-corrected chi connectivity index (χ2v) is 5.32. The molecule has 108 valence electrons. The number of rotatable bonds is 3. The molecule has 0 heterocycles. The molecule has 21 heavy (non-hydrogen) atoms. The molecule has 0 radical (unpaired) electrons. The van der Waals surface area contributed by atoms with Gasteiger partial charge in [-0.25, -0.2) is 9.18 Å². The molecule has 0 unspecified atom stereocenters. The van der Waals surface area contributed by atoms with Crippen LogP contribution in [-0.4, -0.2) is 17.0 Å². The summed E-state index contributed by atoms with van der Waals surface area (Å²) in [5.74, 6) is -2.50. The second-order valence-electron chi connectivity index (χ2n) is 4.06. The fourth-order valence-electron chi connectivity index (χ4n) is 1.62. The lowest BCUT2D eigenvalue weighted by Gasteiger charge is -2.09. The van der Waals surface area contributed by atoms with Crippen LogP contribution in [0.5, 0.6) is 0 Å². The lowest BCUT2D eigenvalue weighted by molar-refractivity contribution is 0.0696. The Hall–Kier alpha value is -1.92. The van der Waals surface area contributed by atoms with Crippen molar-refractivity contribution in [3.8, 4) is 0 Å². The highest BCUT2D eigenvalue weighted by molar-refractivity contribution is 9.10. The summed E-state index contributed by atoms with van der Waals surface area (Å²) >= 11 is 8.89. The largest absolute Gasteiger partial charge is 0.478 e. The molecule has 1 amide bonds. The van der Waals surface area contributed by atoms with Gasteiger partial charge < -0.3 is 10.4 Å². The minimum atomic E-state index is -1.13. The van der Waals surface area contributed by atoms with Crippen LogP contribution in [0, 0.1) is 5.82 Å². The van der Waals surface area contributed by atoms with Crippen LogP contribution >= 0.6 is 27.5 Å². The lowest BCUT2D eigenvalue weighted by atomic mass is 10.1. The molecular formula is C14H8BrClFNO3. The van der Waals surface area contributed by atoms with E-state index in [1.54, 1.807) is 0 Å². The zero-order valence-corrected chi connectivity index (χ0v) is 12.7. The normalized spacial score (nSPS) is 10.2. The highest BCUT2D eigenvalue weighted by Gasteiger charge is 2.15. The molecule has 2 rings (SSSR count). The molecule has 2 N–H and O–H groups in total. The highest BCUT2D eigenvalue weighted by Crippen LogP contribution is 2.25. The number of carboxylic acids is 1. The number of amides is 1. The summed E-state index contributed by atoms with van der Waals surface area (Å²) in [6.45, 7) is 0. The molecule has 2 aromatic carbocycles. The van der Waals surface area contributed by atoms with Gasteiger partial charge in [0, 0.05) is 0 Å². The van der Waals surface area contributed by atoms with Crippen LogP contribution < -0.4 is 5.32 Å². The van der Waals surface area contributed by atoms with E-state index in [9.17, 15) is 14.0 Å². The predicted molar refractivity (Wildman–Crippen MR) is 80.5 cm³/mol. The molecule has 0 saturated heterocycles. The maximum atomic E-state index is 13.8. The number of nitrogens with one attached hydrogen (secondary N) is 1. The highest BCUT2D eigenvalue weighted by atomic mass is 79.9. The van der Waals surface area contributed by atoms with E-state index in [1.165, 1.54) is 36.4 Å². The molecule has 0 aliphatic rings. The van der Waals surface area contributed by atoms with E-state index in [-0.39, 0.29) is 26.3 Å². The molecule has 0 saturated carbocycles. The molecule has 0 atom stereocenters. The Labute approximate surface area is 132 Å². The van der Waals surface area contributed by atoms with E-state index >= 15 is 0 Å². The lowest BCUT2D eigenvalue weighted by Crippen LogP contribution is -2.14. The van der Waals surface area contributed by atoms with Crippen LogP contribution in [0.25, 0.3) is 0 Å². The first kappa shape index (κ1) is 15.5. The number of carboxylic acid groups (broad SMARTS) is 1. The van der Waals surface area contributed by atoms with Crippen LogP contribution in [0.15, 0.2) is 40.9 Å². The third kappa shape index (κ3) is 3.40. The Kier molecular flexibility index (Phi) is 4.59. The first-order valence-electron chi connectivity index (χ1n) is 5.68. The molecule has 0 aliphatic carbocycles. The summed E-state index contributed by atoms with van der Waals surface area (Å²) in [7, 11) is 0. The molecular weight excluding hydrogens is 365 g/mol. The van der Waals surface area contributed by atoms with Gasteiger partial charge in [0.2, 0.25) is 0 Å². The van der Waals surface area contributed by atoms with Crippen LogP contribution in [0.4, 0.5) is 10.1 Å². The standard InChI is InChI=1S/C14H8BrClFNO3/c15-9-3-1-2-8(12(9)17)13(19)18-11-5-4-7(14(20)21)6-10(11)16/h1-6H,(H,18,19)(H,20,21). The smallest absolute Gasteiger partial charge is 0.335 e. The maximum absolute atomic E-state index is 13.8. The molecule has 7 heteroatoms. The van der Waals surface area contributed by atoms with Gasteiger partial charge in [-0.05, 0) is 46.3 Å². The van der Waals surface area contributed by atoms with E-state index in [1.807, 2.05) is 0 Å². The first-order valence-corrected chi connectivity index (χ1v) is 6.85. The molecule has 4 nitrogen and oxygen atoms in total. The summed E-state index contributed by atoms with van der Waals surface area (Å²) in [5, 5.41) is 11.3. The maximum Gasteiger partial charge on any atom is 0.335 e. The predicted octanol–water partition coefficient (Wildman–Crippen LogP) is 4.19. The van der Waals surface area contributed by atoms with Gasteiger partial charge >= 0.3 is 5.97 Å². The Bertz CT molecular complexity index is 736. The van der Waals surface area contributed by atoms with Gasteiger partial charge in [0.1, 0.15) is 5.82 Å². The van der Waals surface area contributed by atoms with Crippen molar-refractivity contribution in [3.63, 3.8) is 0 Å². The number of carbonyl (C=O) groups excluding carboxylic acids is 1. The van der Waals surface area contributed by atoms with Crippen molar-refractivity contribution in [2.75, 3.05) is 5.32 Å². The van der Waals surface area contributed by atoms with E-state index in [4.69, 9.17) is 16.7 Å². The fraction of sp³-hybridized carbons (Fsp3) is 0. The molecule has 0 aliphatic heterocycles. The monoisotopic (exact) mass is 371 g/mol. The number of carbonyl (C=O) groups is 2.